The first-order valence-corrected chi connectivity index (χ1v) is 11.7. The molecule has 0 radical (unpaired) electrons. The molecule has 7 heteroatoms. The number of amides is 1. The number of aromatic amines is 1. The van der Waals surface area contributed by atoms with Crippen LogP contribution in [0.1, 0.15) is 39.2 Å². The minimum absolute atomic E-state index is 0.0697. The van der Waals surface area contributed by atoms with Crippen molar-refractivity contribution in [1.82, 2.24) is 25.7 Å². The highest BCUT2D eigenvalue weighted by Crippen LogP contribution is 2.34. The van der Waals surface area contributed by atoms with Gasteiger partial charge in [-0.2, -0.15) is 5.10 Å². The van der Waals surface area contributed by atoms with Gasteiger partial charge in [-0.15, -0.1) is 10.2 Å². The Kier molecular flexibility index (Phi) is 5.42. The van der Waals surface area contributed by atoms with E-state index in [0.29, 0.717) is 31.0 Å². The molecule has 2 aromatic heterocycles. The molecule has 3 aromatic carbocycles. The van der Waals surface area contributed by atoms with Crippen molar-refractivity contribution in [2.24, 2.45) is 0 Å². The molecule has 7 nitrogen and oxygen atoms in total. The number of hydrogen-bond acceptors (Lipinski definition) is 5. The summed E-state index contributed by atoms with van der Waals surface area (Å²) < 4.78 is 5.90. The minimum Gasteiger partial charge on any atom is -0.421 e. The molecule has 1 aliphatic heterocycles. The predicted molar refractivity (Wildman–Crippen MR) is 132 cm³/mol. The zero-order valence-electron chi connectivity index (χ0n) is 18.9. The molecule has 1 atom stereocenters. The van der Waals surface area contributed by atoms with Crippen molar-refractivity contribution in [2.45, 2.75) is 25.3 Å². The molecular formula is C28H23N5O2. The van der Waals surface area contributed by atoms with Crippen LogP contribution < -0.4 is 5.32 Å². The largest absolute Gasteiger partial charge is 0.421 e. The molecule has 0 aliphatic carbocycles. The molecule has 0 saturated carbocycles. The molecule has 35 heavy (non-hydrogen) atoms. The van der Waals surface area contributed by atoms with Gasteiger partial charge in [-0.05, 0) is 42.2 Å². The summed E-state index contributed by atoms with van der Waals surface area (Å²) in [7, 11) is 0. The number of H-pyrrole nitrogens is 1. The smallest absolute Gasteiger partial charge is 0.252 e. The van der Waals surface area contributed by atoms with Gasteiger partial charge in [-0.1, -0.05) is 66.7 Å². The van der Waals surface area contributed by atoms with Crippen LogP contribution in [0.5, 0.6) is 0 Å². The van der Waals surface area contributed by atoms with Crippen LogP contribution in [-0.4, -0.2) is 26.3 Å². The highest BCUT2D eigenvalue weighted by Gasteiger charge is 2.30. The van der Waals surface area contributed by atoms with Crippen LogP contribution >= 0.6 is 0 Å². The van der Waals surface area contributed by atoms with Gasteiger partial charge in [-0.3, -0.25) is 9.89 Å². The van der Waals surface area contributed by atoms with Crippen molar-refractivity contribution >= 4 is 5.91 Å². The maximum absolute atomic E-state index is 12.8. The van der Waals surface area contributed by atoms with Crippen LogP contribution in [0.4, 0.5) is 0 Å². The maximum atomic E-state index is 12.8. The van der Waals surface area contributed by atoms with Gasteiger partial charge in [-0.25, -0.2) is 0 Å². The van der Waals surface area contributed by atoms with Gasteiger partial charge in [0.2, 0.25) is 11.8 Å². The molecule has 0 saturated heterocycles. The topological polar surface area (TPSA) is 96.7 Å². The molecule has 3 heterocycles. The van der Waals surface area contributed by atoms with Crippen molar-refractivity contribution in [3.63, 3.8) is 0 Å². The predicted octanol–water partition coefficient (Wildman–Crippen LogP) is 4.94. The van der Waals surface area contributed by atoms with Crippen LogP contribution in [0.2, 0.25) is 0 Å². The fourth-order valence-electron chi connectivity index (χ4n) is 4.63. The van der Waals surface area contributed by atoms with Crippen LogP contribution in [0, 0.1) is 0 Å². The van der Waals surface area contributed by atoms with Gasteiger partial charge in [0.15, 0.2) is 0 Å². The molecule has 5 aromatic rings. The third-order valence-corrected chi connectivity index (χ3v) is 6.33. The molecule has 2 N–H and O–H groups in total. The van der Waals surface area contributed by atoms with Gasteiger partial charge >= 0.3 is 0 Å². The molecule has 1 amide bonds. The zero-order chi connectivity index (χ0) is 23.6. The molecule has 0 bridgehead atoms. The van der Waals surface area contributed by atoms with E-state index in [0.717, 1.165) is 39.2 Å². The molecule has 1 unspecified atom stereocenters. The Balaban J connectivity index is 1.30. The van der Waals surface area contributed by atoms with Crippen molar-refractivity contribution in [3.05, 3.63) is 113 Å². The Morgan fingerprint density at radius 1 is 0.829 bits per heavy atom. The van der Waals surface area contributed by atoms with Crippen molar-refractivity contribution in [3.8, 4) is 22.6 Å². The Bertz CT molecular complexity index is 1470. The van der Waals surface area contributed by atoms with E-state index in [1.54, 1.807) is 0 Å². The summed E-state index contributed by atoms with van der Waals surface area (Å²) >= 11 is 0. The number of nitrogens with zero attached hydrogens (tertiary/aromatic N) is 3. The third-order valence-electron chi connectivity index (χ3n) is 6.33. The van der Waals surface area contributed by atoms with Gasteiger partial charge < -0.3 is 9.73 Å². The molecule has 6 rings (SSSR count). The minimum atomic E-state index is -0.217. The fraction of sp³-hybridized carbons (Fsp3) is 0.143. The first-order valence-electron chi connectivity index (χ1n) is 11.7. The van der Waals surface area contributed by atoms with Gasteiger partial charge in [0.25, 0.3) is 5.91 Å². The summed E-state index contributed by atoms with van der Waals surface area (Å²) in [5.41, 5.74) is 6.53. The van der Waals surface area contributed by atoms with E-state index in [9.17, 15) is 4.79 Å². The molecule has 0 spiro atoms. The van der Waals surface area contributed by atoms with Gasteiger partial charge in [0.1, 0.15) is 0 Å². The number of benzene rings is 3. The zero-order valence-corrected chi connectivity index (χ0v) is 18.9. The van der Waals surface area contributed by atoms with E-state index >= 15 is 0 Å². The first kappa shape index (κ1) is 21.0. The number of carbonyl (C=O) groups excluding carboxylic acids is 1. The highest BCUT2D eigenvalue weighted by atomic mass is 16.4. The van der Waals surface area contributed by atoms with Gasteiger partial charge in [0.05, 0.1) is 11.7 Å². The number of aromatic nitrogens is 4. The van der Waals surface area contributed by atoms with E-state index in [2.05, 4.69) is 37.8 Å². The number of carbonyl (C=O) groups is 1. The van der Waals surface area contributed by atoms with E-state index in [1.807, 2.05) is 72.8 Å². The standard InChI is InChI=1S/C28H23N5O2/c34-27-21-14-8-7-13-20(21)17-23(29-27)26-25(18-9-3-1-4-10-18)22(30-32-26)15-16-24-31-33-28(35-24)19-11-5-2-6-12-19/h1-14,23H,15-17H2,(H,29,34)(H,30,32). The summed E-state index contributed by atoms with van der Waals surface area (Å²) in [6.07, 6.45) is 1.90. The van der Waals surface area contributed by atoms with Crippen LogP contribution in [0.25, 0.3) is 22.6 Å². The third kappa shape index (κ3) is 4.12. The lowest BCUT2D eigenvalue weighted by Gasteiger charge is -2.25. The van der Waals surface area contributed by atoms with Gasteiger partial charge in [0, 0.05) is 28.8 Å². The number of nitrogens with one attached hydrogen (secondary N) is 2. The second-order valence-electron chi connectivity index (χ2n) is 8.58. The Morgan fingerprint density at radius 3 is 2.34 bits per heavy atom. The summed E-state index contributed by atoms with van der Waals surface area (Å²) in [6.45, 7) is 0. The van der Waals surface area contributed by atoms with E-state index < -0.39 is 0 Å². The average Bonchev–Trinajstić information content (AvgIpc) is 3.56. The summed E-state index contributed by atoms with van der Waals surface area (Å²) in [5.74, 6) is 1.01. The number of aryl methyl sites for hydroxylation is 2. The average molecular weight is 462 g/mol. The van der Waals surface area contributed by atoms with Crippen molar-refractivity contribution in [1.29, 1.82) is 0 Å². The SMILES string of the molecule is O=C1NC(c2n[nH]c(CCc3nnc(-c4ccccc4)o3)c2-c2ccccc2)Cc2ccccc21. The van der Waals surface area contributed by atoms with E-state index in [1.165, 1.54) is 0 Å². The van der Waals surface area contributed by atoms with Crippen molar-refractivity contribution < 1.29 is 9.21 Å². The van der Waals surface area contributed by atoms with Crippen LogP contribution in [0.3, 0.4) is 0 Å². The lowest BCUT2D eigenvalue weighted by Crippen LogP contribution is -2.35. The van der Waals surface area contributed by atoms with Crippen LogP contribution in [-0.2, 0) is 19.3 Å². The van der Waals surface area contributed by atoms with E-state index in [-0.39, 0.29) is 11.9 Å². The monoisotopic (exact) mass is 461 g/mol. The normalized spacial score (nSPS) is 15.0. The second kappa shape index (κ2) is 9.02. The second-order valence-corrected chi connectivity index (χ2v) is 8.58. The lowest BCUT2D eigenvalue weighted by atomic mass is 9.90. The number of fused-ring (bicyclic) bond motifs is 1. The summed E-state index contributed by atoms with van der Waals surface area (Å²) in [5, 5.41) is 19.5. The van der Waals surface area contributed by atoms with Crippen LogP contribution in [0.15, 0.2) is 89.3 Å². The first-order chi connectivity index (χ1) is 17.3. The number of rotatable bonds is 6. The maximum Gasteiger partial charge on any atom is 0.252 e. The summed E-state index contributed by atoms with van der Waals surface area (Å²) in [4.78, 5) is 12.8. The quantitative estimate of drug-likeness (QED) is 0.373. The summed E-state index contributed by atoms with van der Waals surface area (Å²) in [6, 6.07) is 27.4. The molecular weight excluding hydrogens is 438 g/mol. The van der Waals surface area contributed by atoms with E-state index in [4.69, 9.17) is 4.42 Å². The molecule has 172 valence electrons. The Hall–Kier alpha value is -4.52. The lowest BCUT2D eigenvalue weighted by molar-refractivity contribution is 0.0924. The fourth-order valence-corrected chi connectivity index (χ4v) is 4.63. The Labute approximate surface area is 202 Å². The van der Waals surface area contributed by atoms with Crippen molar-refractivity contribution in [2.75, 3.05) is 0 Å². The Morgan fingerprint density at radius 2 is 1.54 bits per heavy atom. The molecule has 1 aliphatic rings. The number of hydrogen-bond donors (Lipinski definition) is 2. The molecule has 0 fully saturated rings. The highest BCUT2D eigenvalue weighted by molar-refractivity contribution is 5.97.